The Kier molecular flexibility index (Phi) is 12.9. The monoisotopic (exact) mass is 814 g/mol. The number of piperazine rings is 1. The van der Waals surface area contributed by atoms with Gasteiger partial charge in [0.15, 0.2) is 5.65 Å². The van der Waals surface area contributed by atoms with Crippen LogP contribution in [0.15, 0.2) is 72.2 Å². The third-order valence-electron chi connectivity index (χ3n) is 13.6. The smallest absolute Gasteiger partial charge is 0.257 e. The van der Waals surface area contributed by atoms with Crippen LogP contribution >= 0.6 is 0 Å². The maximum absolute atomic E-state index is 13.4. The lowest BCUT2D eigenvalue weighted by Gasteiger charge is -2.56. The van der Waals surface area contributed by atoms with E-state index >= 15 is 0 Å². The van der Waals surface area contributed by atoms with Gasteiger partial charge in [0, 0.05) is 74.2 Å². The van der Waals surface area contributed by atoms with E-state index in [4.69, 9.17) is 9.72 Å². The summed E-state index contributed by atoms with van der Waals surface area (Å²) in [7, 11) is 1.66. The van der Waals surface area contributed by atoms with Crippen LogP contribution in [0.3, 0.4) is 0 Å². The summed E-state index contributed by atoms with van der Waals surface area (Å²) in [4.78, 5) is 52.5. The molecule has 3 N–H and O–H groups in total. The Morgan fingerprint density at radius 2 is 1.62 bits per heavy atom. The number of hydrogen-bond donors (Lipinski definition) is 3. The number of benzene rings is 2. The number of pyridine rings is 1. The molecular weight excluding hydrogens is 753 g/mol. The number of aromatic nitrogens is 3. The Balaban J connectivity index is 0.769. The molecule has 0 atom stereocenters. The van der Waals surface area contributed by atoms with E-state index in [1.54, 1.807) is 43.6 Å². The van der Waals surface area contributed by atoms with Crippen molar-refractivity contribution >= 4 is 45.9 Å². The maximum atomic E-state index is 13.4. The number of rotatable bonds is 18. The van der Waals surface area contributed by atoms with Crippen molar-refractivity contribution in [2.24, 2.45) is 23.2 Å². The van der Waals surface area contributed by atoms with Crippen LogP contribution in [-0.4, -0.2) is 77.6 Å². The van der Waals surface area contributed by atoms with E-state index in [0.29, 0.717) is 45.7 Å². The summed E-state index contributed by atoms with van der Waals surface area (Å²) in [6.07, 6.45) is 19.2. The van der Waals surface area contributed by atoms with Crippen molar-refractivity contribution < 1.29 is 14.3 Å². The van der Waals surface area contributed by atoms with Gasteiger partial charge in [-0.3, -0.25) is 23.9 Å². The molecule has 9 rings (SSSR count). The number of amides is 2. The molecule has 5 fully saturated rings. The van der Waals surface area contributed by atoms with Gasteiger partial charge < -0.3 is 25.6 Å². The molecule has 0 spiro atoms. The zero-order valence-corrected chi connectivity index (χ0v) is 35.5. The topological polar surface area (TPSA) is 134 Å². The molecular formula is C48H62N8O4. The van der Waals surface area contributed by atoms with Crippen LogP contribution in [0.25, 0.3) is 16.7 Å². The number of fused-ring (bicyclic) bond motifs is 1. The lowest BCUT2D eigenvalue weighted by atomic mass is 9.49. The average molecular weight is 815 g/mol. The molecule has 5 aliphatic rings. The van der Waals surface area contributed by atoms with Crippen LogP contribution in [0, 0.1) is 30.1 Å². The fraction of sp³-hybridized carbons (Fsp3) is 0.521. The van der Waals surface area contributed by atoms with E-state index in [9.17, 15) is 14.4 Å². The van der Waals surface area contributed by atoms with E-state index < -0.39 is 0 Å². The molecule has 0 unspecified atom stereocenters. The van der Waals surface area contributed by atoms with E-state index in [-0.39, 0.29) is 11.5 Å². The molecule has 1 saturated heterocycles. The van der Waals surface area contributed by atoms with Gasteiger partial charge in [0.2, 0.25) is 17.8 Å². The number of carbonyl (C=O) groups is 2. The molecule has 12 heteroatoms. The van der Waals surface area contributed by atoms with Crippen LogP contribution in [0.2, 0.25) is 0 Å². The van der Waals surface area contributed by atoms with Gasteiger partial charge in [-0.1, -0.05) is 38.3 Å². The predicted molar refractivity (Wildman–Crippen MR) is 240 cm³/mol. The molecule has 4 aromatic rings. The van der Waals surface area contributed by atoms with Gasteiger partial charge in [-0.15, -0.1) is 0 Å². The minimum absolute atomic E-state index is 0.246. The lowest BCUT2D eigenvalue weighted by molar-refractivity contribution is -0.129. The van der Waals surface area contributed by atoms with Crippen LogP contribution < -0.4 is 31.1 Å². The Bertz CT molecular complexity index is 2210. The van der Waals surface area contributed by atoms with Crippen molar-refractivity contribution in [3.63, 3.8) is 0 Å². The number of anilines is 4. The lowest BCUT2D eigenvalue weighted by Crippen LogP contribution is -2.48. The second-order valence-electron chi connectivity index (χ2n) is 18.1. The quantitative estimate of drug-likeness (QED) is 0.0673. The second kappa shape index (κ2) is 18.6. The van der Waals surface area contributed by atoms with Gasteiger partial charge in [0.25, 0.3) is 5.56 Å². The largest absolute Gasteiger partial charge is 0.494 e. The minimum atomic E-state index is -0.340. The highest BCUT2D eigenvalue weighted by Crippen LogP contribution is 2.61. The fourth-order valence-corrected chi connectivity index (χ4v) is 11.1. The zero-order valence-electron chi connectivity index (χ0n) is 35.5. The Hall–Kier alpha value is -5.23. The van der Waals surface area contributed by atoms with Crippen LogP contribution in [0.5, 0.6) is 5.75 Å². The highest BCUT2D eigenvalue weighted by Gasteiger charge is 2.51. The van der Waals surface area contributed by atoms with Crippen LogP contribution in [-0.2, 0) is 9.59 Å². The number of ether oxygens (including phenoxy) is 1. The fourth-order valence-electron chi connectivity index (χ4n) is 11.1. The van der Waals surface area contributed by atoms with E-state index in [0.717, 1.165) is 86.5 Å². The van der Waals surface area contributed by atoms with Gasteiger partial charge in [-0.05, 0) is 130 Å². The van der Waals surface area contributed by atoms with Gasteiger partial charge in [-0.25, -0.2) is 4.98 Å². The van der Waals surface area contributed by atoms with Crippen LogP contribution in [0.4, 0.5) is 23.0 Å². The molecule has 4 saturated carbocycles. The number of nitrogens with zero attached hydrogens (tertiary/aromatic N) is 5. The molecule has 3 heterocycles. The van der Waals surface area contributed by atoms with Crippen molar-refractivity contribution in [1.29, 1.82) is 0 Å². The van der Waals surface area contributed by atoms with Crippen molar-refractivity contribution in [2.75, 3.05) is 61.9 Å². The summed E-state index contributed by atoms with van der Waals surface area (Å²) in [6, 6.07) is 14.7. The van der Waals surface area contributed by atoms with Gasteiger partial charge in [0.05, 0.1) is 18.5 Å². The molecule has 0 radical (unpaired) electrons. The van der Waals surface area contributed by atoms with Crippen molar-refractivity contribution in [2.45, 2.75) is 90.4 Å². The average Bonchev–Trinajstić information content (AvgIpc) is 3.23. The molecule has 2 amide bonds. The van der Waals surface area contributed by atoms with Gasteiger partial charge in [-0.2, -0.15) is 4.98 Å². The Morgan fingerprint density at radius 3 is 2.33 bits per heavy atom. The Morgan fingerprint density at radius 1 is 0.900 bits per heavy atom. The van der Waals surface area contributed by atoms with Gasteiger partial charge in [0.1, 0.15) is 5.75 Å². The summed E-state index contributed by atoms with van der Waals surface area (Å²) in [5.41, 5.74) is 4.21. The number of hydrogen-bond acceptors (Lipinski definition) is 9. The first kappa shape index (κ1) is 41.5. The molecule has 1 aliphatic heterocycles. The molecule has 4 aliphatic carbocycles. The van der Waals surface area contributed by atoms with Crippen molar-refractivity contribution in [3.05, 3.63) is 83.3 Å². The number of unbranched alkanes of at least 4 members (excludes halogenated alkanes) is 5. The summed E-state index contributed by atoms with van der Waals surface area (Å²) < 4.78 is 7.36. The Labute approximate surface area is 354 Å². The second-order valence-corrected chi connectivity index (χ2v) is 18.1. The standard InChI is InChI=1S/C48H62N8O4/c1-4-43(57)51-37-12-11-13-39(26-37)56-45(59)22-33(2)40-32-50-47(53-46(40)56)52-41-15-14-38(27-42(41)60-3)55-20-18-54(19-21-55)17-10-8-6-5-7-9-16-49-44(58)31-48-28-34-23-35(29-48)25-36(24-34)30-48/h4,11-15,22,26-27,32,34-36H,1,5-10,16-21,23-25,28-31H2,2-3H3,(H,49,58)(H,51,57)(H,50,52,53). The molecule has 60 heavy (non-hydrogen) atoms. The number of methoxy groups -OCH3 is 1. The number of carbonyl (C=O) groups excluding carboxylic acids is 2. The summed E-state index contributed by atoms with van der Waals surface area (Å²) in [5, 5.41) is 10.1. The van der Waals surface area contributed by atoms with Crippen molar-refractivity contribution in [3.8, 4) is 11.4 Å². The predicted octanol–water partition coefficient (Wildman–Crippen LogP) is 8.15. The van der Waals surface area contributed by atoms with E-state index in [1.165, 1.54) is 81.3 Å². The van der Waals surface area contributed by atoms with E-state index in [2.05, 4.69) is 49.4 Å². The summed E-state index contributed by atoms with van der Waals surface area (Å²) in [6.45, 7) is 11.3. The first-order chi connectivity index (χ1) is 29.2. The molecule has 4 bridgehead atoms. The number of nitrogens with one attached hydrogen (secondary N) is 3. The molecule has 318 valence electrons. The first-order valence-electron chi connectivity index (χ1n) is 22.3. The molecule has 2 aromatic carbocycles. The summed E-state index contributed by atoms with van der Waals surface area (Å²) >= 11 is 0. The zero-order chi connectivity index (χ0) is 41.6. The third-order valence-corrected chi connectivity index (χ3v) is 13.6. The van der Waals surface area contributed by atoms with Gasteiger partial charge >= 0.3 is 0 Å². The SMILES string of the molecule is C=CC(=O)Nc1cccc(-n2c(=O)cc(C)c3cnc(Nc4ccc(N5CCN(CCCCCCCCNC(=O)CC67CC8CC(CC(C8)C6)C7)CC5)cc4OC)nc32)c1. The normalized spacial score (nSPS) is 22.2. The minimum Gasteiger partial charge on any atom is -0.494 e. The molecule has 12 nitrogen and oxygen atoms in total. The first-order valence-corrected chi connectivity index (χ1v) is 22.3. The number of aryl methyl sites for hydroxylation is 1. The van der Waals surface area contributed by atoms with E-state index in [1.807, 2.05) is 13.0 Å². The molecule has 2 aromatic heterocycles. The highest BCUT2D eigenvalue weighted by atomic mass is 16.5. The highest BCUT2D eigenvalue weighted by molar-refractivity contribution is 5.99. The van der Waals surface area contributed by atoms with Crippen molar-refractivity contribution in [1.82, 2.24) is 24.8 Å². The summed E-state index contributed by atoms with van der Waals surface area (Å²) in [5.74, 6) is 3.68. The van der Waals surface area contributed by atoms with Crippen LogP contribution in [0.1, 0.15) is 89.0 Å². The maximum Gasteiger partial charge on any atom is 0.257 e. The third kappa shape index (κ3) is 9.70.